The molecule has 0 spiro atoms. The highest BCUT2D eigenvalue weighted by Crippen LogP contribution is 2.10. The zero-order chi connectivity index (χ0) is 13.5. The maximum absolute atomic E-state index is 5.54. The summed E-state index contributed by atoms with van der Waals surface area (Å²) in [7, 11) is 0. The minimum atomic E-state index is 0.327. The summed E-state index contributed by atoms with van der Waals surface area (Å²) in [5.74, 6) is 1.30. The molecule has 0 radical (unpaired) electrons. The number of rotatable bonds is 6. The Labute approximate surface area is 117 Å². The van der Waals surface area contributed by atoms with Gasteiger partial charge in [0.15, 0.2) is 0 Å². The molecule has 1 heterocycles. The monoisotopic (exact) mass is 274 g/mol. The summed E-state index contributed by atoms with van der Waals surface area (Å²) in [6, 6.07) is 13.0. The van der Waals surface area contributed by atoms with Crippen LogP contribution in [0.3, 0.4) is 0 Å². The number of thiocarbonyl (C=S) groups is 1. The van der Waals surface area contributed by atoms with Crippen LogP contribution in [0.2, 0.25) is 0 Å². The van der Waals surface area contributed by atoms with Gasteiger partial charge in [-0.15, -0.1) is 0 Å². The lowest BCUT2D eigenvalue weighted by Crippen LogP contribution is -2.12. The standard InChI is InChI=1S/C14H14N2O2S/c15-14(19)11-6-7-16-13(10-11)18-9-8-17-12-4-2-1-3-5-12/h1-7,10H,8-9H2,(H2,15,19). The lowest BCUT2D eigenvalue weighted by molar-refractivity contribution is 0.212. The number of hydrogen-bond donors (Lipinski definition) is 1. The fourth-order valence-electron chi connectivity index (χ4n) is 1.46. The molecule has 0 atom stereocenters. The summed E-state index contributed by atoms with van der Waals surface area (Å²) >= 11 is 4.89. The normalized spacial score (nSPS) is 9.89. The van der Waals surface area contributed by atoms with Crippen molar-refractivity contribution in [2.45, 2.75) is 0 Å². The summed E-state index contributed by atoms with van der Waals surface area (Å²) in [5.41, 5.74) is 6.28. The van der Waals surface area contributed by atoms with Gasteiger partial charge >= 0.3 is 0 Å². The van der Waals surface area contributed by atoms with E-state index in [2.05, 4.69) is 4.98 Å². The Morgan fingerprint density at radius 2 is 1.84 bits per heavy atom. The third-order valence-electron chi connectivity index (χ3n) is 2.36. The first kappa shape index (κ1) is 13.3. The van der Waals surface area contributed by atoms with E-state index in [1.54, 1.807) is 18.3 Å². The van der Waals surface area contributed by atoms with Crippen LogP contribution >= 0.6 is 12.2 Å². The van der Waals surface area contributed by atoms with Gasteiger partial charge in [0, 0.05) is 17.8 Å². The third kappa shape index (κ3) is 4.22. The van der Waals surface area contributed by atoms with Gasteiger partial charge in [0.05, 0.1) is 0 Å². The van der Waals surface area contributed by atoms with Crippen molar-refractivity contribution < 1.29 is 9.47 Å². The average molecular weight is 274 g/mol. The lowest BCUT2D eigenvalue weighted by atomic mass is 10.3. The van der Waals surface area contributed by atoms with Crippen LogP contribution in [0.1, 0.15) is 5.56 Å². The topological polar surface area (TPSA) is 57.4 Å². The van der Waals surface area contributed by atoms with E-state index < -0.39 is 0 Å². The third-order valence-corrected chi connectivity index (χ3v) is 2.60. The Morgan fingerprint density at radius 1 is 1.11 bits per heavy atom. The average Bonchev–Trinajstić information content (AvgIpc) is 2.45. The van der Waals surface area contributed by atoms with Gasteiger partial charge < -0.3 is 15.2 Å². The number of nitrogens with two attached hydrogens (primary N) is 1. The molecule has 0 saturated carbocycles. The van der Waals surface area contributed by atoms with Gasteiger partial charge in [0.25, 0.3) is 0 Å². The smallest absolute Gasteiger partial charge is 0.213 e. The van der Waals surface area contributed by atoms with Gasteiger partial charge in [-0.05, 0) is 18.2 Å². The summed E-state index contributed by atoms with van der Waals surface area (Å²) in [6.07, 6.45) is 1.61. The molecule has 19 heavy (non-hydrogen) atoms. The molecule has 1 aromatic heterocycles. The van der Waals surface area contributed by atoms with Crippen LogP contribution in [0.15, 0.2) is 48.7 Å². The predicted octanol–water partition coefficient (Wildman–Crippen LogP) is 2.17. The number of benzene rings is 1. The molecule has 0 bridgehead atoms. The molecule has 0 aliphatic rings. The lowest BCUT2D eigenvalue weighted by Gasteiger charge is -2.08. The second-order valence-corrected chi connectivity index (χ2v) is 4.20. The molecule has 0 saturated heterocycles. The van der Waals surface area contributed by atoms with Gasteiger partial charge in [-0.1, -0.05) is 30.4 Å². The Morgan fingerprint density at radius 3 is 2.58 bits per heavy atom. The van der Waals surface area contributed by atoms with Gasteiger partial charge in [0.1, 0.15) is 24.0 Å². The summed E-state index contributed by atoms with van der Waals surface area (Å²) < 4.78 is 11.0. The highest BCUT2D eigenvalue weighted by atomic mass is 32.1. The van der Waals surface area contributed by atoms with E-state index in [-0.39, 0.29) is 0 Å². The van der Waals surface area contributed by atoms with Crippen molar-refractivity contribution in [3.63, 3.8) is 0 Å². The molecule has 2 rings (SSSR count). The van der Waals surface area contributed by atoms with Crippen molar-refractivity contribution in [2.24, 2.45) is 5.73 Å². The SMILES string of the molecule is NC(=S)c1ccnc(OCCOc2ccccc2)c1. The molecule has 0 aliphatic carbocycles. The minimum Gasteiger partial charge on any atom is -0.490 e. The van der Waals surface area contributed by atoms with E-state index in [1.807, 2.05) is 30.3 Å². The zero-order valence-corrected chi connectivity index (χ0v) is 11.1. The van der Waals surface area contributed by atoms with Crippen molar-refractivity contribution in [1.82, 2.24) is 4.98 Å². The molecule has 2 N–H and O–H groups in total. The fourth-order valence-corrected chi connectivity index (χ4v) is 1.59. The number of para-hydroxylation sites is 1. The number of nitrogens with zero attached hydrogens (tertiary/aromatic N) is 1. The predicted molar refractivity (Wildman–Crippen MR) is 77.6 cm³/mol. The highest BCUT2D eigenvalue weighted by Gasteiger charge is 2.00. The largest absolute Gasteiger partial charge is 0.490 e. The fraction of sp³-hybridized carbons (Fsp3) is 0.143. The van der Waals surface area contributed by atoms with Crippen LogP contribution in [-0.2, 0) is 0 Å². The van der Waals surface area contributed by atoms with Crippen LogP contribution in [0.5, 0.6) is 11.6 Å². The van der Waals surface area contributed by atoms with Crippen LogP contribution in [-0.4, -0.2) is 23.2 Å². The van der Waals surface area contributed by atoms with Gasteiger partial charge in [0.2, 0.25) is 5.88 Å². The summed E-state index contributed by atoms with van der Waals surface area (Å²) in [6.45, 7) is 0.853. The Bertz CT molecular complexity index is 546. The second-order valence-electron chi connectivity index (χ2n) is 3.76. The Balaban J connectivity index is 1.80. The van der Waals surface area contributed by atoms with Crippen molar-refractivity contribution in [1.29, 1.82) is 0 Å². The minimum absolute atomic E-state index is 0.327. The van der Waals surface area contributed by atoms with Gasteiger partial charge in [-0.2, -0.15) is 0 Å². The molecule has 0 fully saturated rings. The van der Waals surface area contributed by atoms with E-state index in [1.165, 1.54) is 0 Å². The van der Waals surface area contributed by atoms with E-state index in [9.17, 15) is 0 Å². The van der Waals surface area contributed by atoms with Crippen molar-refractivity contribution >= 4 is 17.2 Å². The quantitative estimate of drug-likeness (QED) is 0.646. The number of aromatic nitrogens is 1. The van der Waals surface area contributed by atoms with Gasteiger partial charge in [-0.3, -0.25) is 0 Å². The van der Waals surface area contributed by atoms with Crippen LogP contribution in [0.4, 0.5) is 0 Å². The zero-order valence-electron chi connectivity index (χ0n) is 10.3. The molecule has 0 amide bonds. The van der Waals surface area contributed by atoms with Crippen molar-refractivity contribution in [3.05, 3.63) is 54.2 Å². The molecular formula is C14H14N2O2S. The first-order chi connectivity index (χ1) is 9.25. The molecular weight excluding hydrogens is 260 g/mol. The molecule has 0 aliphatic heterocycles. The molecule has 0 unspecified atom stereocenters. The van der Waals surface area contributed by atoms with Crippen LogP contribution in [0.25, 0.3) is 0 Å². The van der Waals surface area contributed by atoms with Crippen molar-refractivity contribution in [2.75, 3.05) is 13.2 Å². The molecule has 5 heteroatoms. The maximum atomic E-state index is 5.54. The summed E-state index contributed by atoms with van der Waals surface area (Å²) in [5, 5.41) is 0. The molecule has 1 aromatic carbocycles. The van der Waals surface area contributed by atoms with E-state index in [4.69, 9.17) is 27.4 Å². The summed E-state index contributed by atoms with van der Waals surface area (Å²) in [4.78, 5) is 4.40. The molecule has 4 nitrogen and oxygen atoms in total. The Hall–Kier alpha value is -2.14. The number of pyridine rings is 1. The first-order valence-corrected chi connectivity index (χ1v) is 6.23. The van der Waals surface area contributed by atoms with Crippen LogP contribution in [0, 0.1) is 0 Å². The number of hydrogen-bond acceptors (Lipinski definition) is 4. The van der Waals surface area contributed by atoms with E-state index in [0.717, 1.165) is 11.3 Å². The van der Waals surface area contributed by atoms with E-state index >= 15 is 0 Å². The molecule has 2 aromatic rings. The second kappa shape index (κ2) is 6.70. The van der Waals surface area contributed by atoms with Crippen LogP contribution < -0.4 is 15.2 Å². The molecule has 98 valence electrons. The Kier molecular flexibility index (Phi) is 4.69. The first-order valence-electron chi connectivity index (χ1n) is 5.82. The number of ether oxygens (including phenoxy) is 2. The van der Waals surface area contributed by atoms with Crippen molar-refractivity contribution in [3.8, 4) is 11.6 Å². The van der Waals surface area contributed by atoms with Gasteiger partial charge in [-0.25, -0.2) is 4.98 Å². The maximum Gasteiger partial charge on any atom is 0.213 e. The highest BCUT2D eigenvalue weighted by molar-refractivity contribution is 7.80. The van der Waals surface area contributed by atoms with E-state index in [0.29, 0.717) is 24.1 Å².